The quantitative estimate of drug-likeness (QED) is 0.276. The topological polar surface area (TPSA) is 87.5 Å². The highest BCUT2D eigenvalue weighted by molar-refractivity contribution is 14.0. The molecule has 0 amide bonds. The van der Waals surface area contributed by atoms with E-state index in [0.717, 1.165) is 16.8 Å². The summed E-state index contributed by atoms with van der Waals surface area (Å²) in [6, 6.07) is 9.20. The first-order chi connectivity index (χ1) is 12.8. The van der Waals surface area contributed by atoms with E-state index in [9.17, 15) is 8.42 Å². The Bertz CT molecular complexity index is 932. The highest BCUT2D eigenvalue weighted by Crippen LogP contribution is 2.24. The summed E-state index contributed by atoms with van der Waals surface area (Å²) in [5.74, 6) is 0.552. The van der Waals surface area contributed by atoms with E-state index >= 15 is 0 Å². The fourth-order valence-corrected chi connectivity index (χ4v) is 3.64. The number of hydrogen-bond donors (Lipinski definition) is 3. The minimum Gasteiger partial charge on any atom is -0.352 e. The van der Waals surface area contributed by atoms with E-state index in [1.54, 1.807) is 23.7 Å². The molecule has 0 fully saturated rings. The Labute approximate surface area is 193 Å². The molecule has 3 N–H and O–H groups in total. The van der Waals surface area contributed by atoms with Crippen LogP contribution in [0.5, 0.6) is 0 Å². The molecule has 0 atom stereocenters. The average Bonchev–Trinajstić information content (AvgIpc) is 2.89. The lowest BCUT2D eigenvalue weighted by molar-refractivity contribution is 0.587. The molecular formula is C17H24Cl2IN5O2S. The number of nitrogens with zero attached hydrogens (tertiary/aromatic N) is 2. The third-order valence-electron chi connectivity index (χ3n) is 4.00. The van der Waals surface area contributed by atoms with Crippen molar-refractivity contribution in [2.75, 3.05) is 14.1 Å². The maximum absolute atomic E-state index is 11.7. The predicted molar refractivity (Wildman–Crippen MR) is 126 cm³/mol. The summed E-state index contributed by atoms with van der Waals surface area (Å²) in [4.78, 5) is 4.19. The van der Waals surface area contributed by atoms with E-state index in [1.165, 1.54) is 7.05 Å². The minimum atomic E-state index is -3.30. The molecule has 1 heterocycles. The van der Waals surface area contributed by atoms with Gasteiger partial charge in [0.1, 0.15) is 5.15 Å². The Morgan fingerprint density at radius 3 is 2.36 bits per heavy atom. The number of aliphatic imine (C=N–C) groups is 1. The van der Waals surface area contributed by atoms with Crippen LogP contribution in [0.3, 0.4) is 0 Å². The van der Waals surface area contributed by atoms with Crippen molar-refractivity contribution in [3.05, 3.63) is 57.3 Å². The Morgan fingerprint density at radius 1 is 1.14 bits per heavy atom. The van der Waals surface area contributed by atoms with Crippen LogP contribution in [0.25, 0.3) is 0 Å². The first kappa shape index (κ1) is 25.0. The smallest absolute Gasteiger partial charge is 0.215 e. The number of hydrogen-bond acceptors (Lipinski definition) is 3. The van der Waals surface area contributed by atoms with Crippen molar-refractivity contribution in [2.24, 2.45) is 12.0 Å². The van der Waals surface area contributed by atoms with Crippen molar-refractivity contribution in [3.63, 3.8) is 0 Å². The van der Waals surface area contributed by atoms with Gasteiger partial charge in [-0.1, -0.05) is 47.5 Å². The summed E-state index contributed by atoms with van der Waals surface area (Å²) in [5.41, 5.74) is 2.60. The monoisotopic (exact) mass is 559 g/mol. The largest absolute Gasteiger partial charge is 0.352 e. The molecule has 0 unspecified atom stereocenters. The van der Waals surface area contributed by atoms with Gasteiger partial charge in [0.15, 0.2) is 5.96 Å². The number of sulfonamides is 1. The number of nitrogens with one attached hydrogen (secondary N) is 3. The first-order valence-electron chi connectivity index (χ1n) is 8.19. The van der Waals surface area contributed by atoms with E-state index in [0.29, 0.717) is 29.2 Å². The van der Waals surface area contributed by atoms with Gasteiger partial charge in [0.05, 0.1) is 17.3 Å². The van der Waals surface area contributed by atoms with Crippen LogP contribution in [-0.2, 0) is 35.9 Å². The predicted octanol–water partition coefficient (Wildman–Crippen LogP) is 2.86. The van der Waals surface area contributed by atoms with E-state index in [2.05, 4.69) is 20.3 Å². The van der Waals surface area contributed by atoms with Crippen molar-refractivity contribution < 1.29 is 8.42 Å². The molecule has 2 rings (SSSR count). The zero-order chi connectivity index (χ0) is 20.0. The summed E-state index contributed by atoms with van der Waals surface area (Å²) >= 11 is 12.1. The van der Waals surface area contributed by atoms with Crippen LogP contribution in [0, 0.1) is 0 Å². The van der Waals surface area contributed by atoms with Gasteiger partial charge in [0, 0.05) is 26.3 Å². The zero-order valence-electron chi connectivity index (χ0n) is 15.8. The Morgan fingerprint density at radius 2 is 1.79 bits per heavy atom. The van der Waals surface area contributed by atoms with E-state index < -0.39 is 10.0 Å². The normalized spacial score (nSPS) is 11.8. The van der Waals surface area contributed by atoms with Gasteiger partial charge in [-0.2, -0.15) is 0 Å². The number of halogens is 3. The highest BCUT2D eigenvalue weighted by atomic mass is 127. The summed E-state index contributed by atoms with van der Waals surface area (Å²) < 4.78 is 27.5. The van der Waals surface area contributed by atoms with Crippen LogP contribution in [0.1, 0.15) is 16.8 Å². The average molecular weight is 560 g/mol. The molecule has 1 aromatic carbocycles. The van der Waals surface area contributed by atoms with Crippen molar-refractivity contribution in [1.82, 2.24) is 19.9 Å². The highest BCUT2D eigenvalue weighted by Gasteiger charge is 2.10. The maximum Gasteiger partial charge on any atom is 0.215 e. The number of guanidine groups is 1. The lowest BCUT2D eigenvalue weighted by atomic mass is 10.1. The fourth-order valence-electron chi connectivity index (χ4n) is 2.46. The molecule has 0 aliphatic carbocycles. The second kappa shape index (κ2) is 11.2. The molecular weight excluding hydrogens is 536 g/mol. The number of rotatable bonds is 7. The first-order valence-corrected chi connectivity index (χ1v) is 10.6. The van der Waals surface area contributed by atoms with E-state index in [1.807, 2.05) is 25.2 Å². The Hall–Kier alpha value is -1.01. The Balaban J connectivity index is 0.00000392. The molecule has 0 radical (unpaired) electrons. The van der Waals surface area contributed by atoms with Crippen molar-refractivity contribution in [3.8, 4) is 0 Å². The molecule has 0 saturated carbocycles. The maximum atomic E-state index is 11.7. The summed E-state index contributed by atoms with van der Waals surface area (Å²) in [7, 11) is 1.62. The van der Waals surface area contributed by atoms with Gasteiger partial charge in [0.25, 0.3) is 0 Å². The molecule has 0 aliphatic heterocycles. The van der Waals surface area contributed by atoms with Gasteiger partial charge in [0.2, 0.25) is 10.0 Å². The third-order valence-corrected chi connectivity index (χ3v) is 6.17. The molecule has 0 bridgehead atoms. The SMILES string of the molecule is CN=C(NCc1cccc(CS(=O)(=O)NC)c1)NCc1cc(Cl)c(Cl)n1C.I. The van der Waals surface area contributed by atoms with Gasteiger partial charge in [-0.3, -0.25) is 4.99 Å². The summed E-state index contributed by atoms with van der Waals surface area (Å²) in [6.07, 6.45) is 0. The van der Waals surface area contributed by atoms with Crippen LogP contribution in [0.2, 0.25) is 10.2 Å². The number of benzene rings is 1. The lowest BCUT2D eigenvalue weighted by Crippen LogP contribution is -2.36. The van der Waals surface area contributed by atoms with Crippen molar-refractivity contribution in [1.29, 1.82) is 0 Å². The van der Waals surface area contributed by atoms with Gasteiger partial charge in [-0.15, -0.1) is 24.0 Å². The van der Waals surface area contributed by atoms with Crippen LogP contribution in [0.4, 0.5) is 0 Å². The minimum absolute atomic E-state index is 0. The van der Waals surface area contributed by atoms with Gasteiger partial charge >= 0.3 is 0 Å². The molecule has 0 saturated heterocycles. The third kappa shape index (κ3) is 7.11. The second-order valence-electron chi connectivity index (χ2n) is 5.90. The van der Waals surface area contributed by atoms with E-state index in [-0.39, 0.29) is 29.7 Å². The van der Waals surface area contributed by atoms with Crippen LogP contribution in [-0.4, -0.2) is 33.0 Å². The van der Waals surface area contributed by atoms with Crippen molar-refractivity contribution >= 4 is 63.2 Å². The standard InChI is InChI=1S/C17H23Cl2N5O2S.HI/c1-20-17(23-10-14-8-15(18)16(19)24(14)3)22-9-12-5-4-6-13(7-12)11-27(25,26)21-2;/h4-8,21H,9-11H2,1-3H3,(H2,20,22,23);1H. The van der Waals surface area contributed by atoms with Crippen LogP contribution >= 0.6 is 47.2 Å². The van der Waals surface area contributed by atoms with Gasteiger partial charge in [-0.25, -0.2) is 13.1 Å². The summed E-state index contributed by atoms with van der Waals surface area (Å²) in [6.45, 7) is 1.00. The lowest BCUT2D eigenvalue weighted by Gasteiger charge is -2.13. The van der Waals surface area contributed by atoms with E-state index in [4.69, 9.17) is 23.2 Å². The van der Waals surface area contributed by atoms with Crippen LogP contribution in [0.15, 0.2) is 35.3 Å². The van der Waals surface area contributed by atoms with Gasteiger partial charge < -0.3 is 15.2 Å². The molecule has 0 spiro atoms. The molecule has 2 aromatic rings. The van der Waals surface area contributed by atoms with Crippen molar-refractivity contribution in [2.45, 2.75) is 18.8 Å². The van der Waals surface area contributed by atoms with Crippen LogP contribution < -0.4 is 15.4 Å². The molecule has 0 aliphatic rings. The molecule has 156 valence electrons. The van der Waals surface area contributed by atoms with Gasteiger partial charge in [-0.05, 0) is 24.2 Å². The zero-order valence-corrected chi connectivity index (χ0v) is 20.5. The molecule has 7 nitrogen and oxygen atoms in total. The Kier molecular flexibility index (Phi) is 10.1. The summed E-state index contributed by atoms with van der Waals surface area (Å²) in [5, 5.41) is 7.39. The molecule has 28 heavy (non-hydrogen) atoms. The number of aromatic nitrogens is 1. The fraction of sp³-hybridized carbons (Fsp3) is 0.353. The second-order valence-corrected chi connectivity index (χ2v) is 8.59. The molecule has 11 heteroatoms. The molecule has 1 aromatic heterocycles.